The Labute approximate surface area is 109 Å². The predicted octanol–water partition coefficient (Wildman–Crippen LogP) is 2.37. The van der Waals surface area contributed by atoms with Crippen LogP contribution < -0.4 is 11.3 Å². The lowest BCUT2D eigenvalue weighted by molar-refractivity contribution is 0.219. The second kappa shape index (κ2) is 6.03. The van der Waals surface area contributed by atoms with Crippen LogP contribution in [0, 0.1) is 13.8 Å². The Bertz CT molecular complexity index is 440. The molecular formula is C15H22N2O. The summed E-state index contributed by atoms with van der Waals surface area (Å²) in [5.41, 5.74) is 8.15. The number of hydrazine groups is 1. The fourth-order valence-corrected chi connectivity index (χ4v) is 2.38. The van der Waals surface area contributed by atoms with Crippen molar-refractivity contribution >= 4 is 0 Å². The van der Waals surface area contributed by atoms with E-state index in [2.05, 4.69) is 37.5 Å². The molecular weight excluding hydrogens is 224 g/mol. The number of aryl methyl sites for hydroxylation is 2. The Morgan fingerprint density at radius 3 is 2.89 bits per heavy atom. The average molecular weight is 246 g/mol. The lowest BCUT2D eigenvalue weighted by Crippen LogP contribution is -2.39. The van der Waals surface area contributed by atoms with Crippen LogP contribution >= 0.6 is 0 Å². The highest BCUT2D eigenvalue weighted by Gasteiger charge is 2.17. The van der Waals surface area contributed by atoms with Gasteiger partial charge in [-0.2, -0.15) is 0 Å². The van der Waals surface area contributed by atoms with Crippen LogP contribution in [0.25, 0.3) is 0 Å². The monoisotopic (exact) mass is 246 g/mol. The van der Waals surface area contributed by atoms with Crippen molar-refractivity contribution < 1.29 is 4.74 Å². The summed E-state index contributed by atoms with van der Waals surface area (Å²) in [6.07, 6.45) is 4.94. The molecule has 1 atom stereocenters. The number of hydrogen-bond acceptors (Lipinski definition) is 3. The van der Waals surface area contributed by atoms with Crippen molar-refractivity contribution in [2.75, 3.05) is 6.61 Å². The molecule has 1 aromatic rings. The quantitative estimate of drug-likeness (QED) is 0.633. The Morgan fingerprint density at radius 2 is 2.22 bits per heavy atom. The van der Waals surface area contributed by atoms with Gasteiger partial charge in [-0.25, -0.2) is 0 Å². The lowest BCUT2D eigenvalue weighted by atomic mass is 9.93. The summed E-state index contributed by atoms with van der Waals surface area (Å²) in [7, 11) is 0. The molecule has 98 valence electrons. The highest BCUT2D eigenvalue weighted by molar-refractivity contribution is 5.32. The van der Waals surface area contributed by atoms with E-state index in [1.807, 2.05) is 6.26 Å². The van der Waals surface area contributed by atoms with Crippen molar-refractivity contribution in [2.24, 2.45) is 5.84 Å². The summed E-state index contributed by atoms with van der Waals surface area (Å²) in [4.78, 5) is 0. The predicted molar refractivity (Wildman–Crippen MR) is 74.0 cm³/mol. The highest BCUT2D eigenvalue weighted by Crippen LogP contribution is 2.20. The van der Waals surface area contributed by atoms with Crippen molar-refractivity contribution in [2.45, 2.75) is 39.2 Å². The molecule has 3 heteroatoms. The van der Waals surface area contributed by atoms with Gasteiger partial charge in [0.2, 0.25) is 0 Å². The van der Waals surface area contributed by atoms with Crippen molar-refractivity contribution in [3.63, 3.8) is 0 Å². The van der Waals surface area contributed by atoms with Gasteiger partial charge in [0.25, 0.3) is 0 Å². The molecule has 1 unspecified atom stereocenters. The van der Waals surface area contributed by atoms with Gasteiger partial charge in [-0.3, -0.25) is 11.3 Å². The fraction of sp³-hybridized carbons (Fsp3) is 0.467. The van der Waals surface area contributed by atoms with Crippen LogP contribution in [-0.4, -0.2) is 12.6 Å². The summed E-state index contributed by atoms with van der Waals surface area (Å²) >= 11 is 0. The van der Waals surface area contributed by atoms with Gasteiger partial charge in [-0.15, -0.1) is 0 Å². The first-order valence-corrected chi connectivity index (χ1v) is 6.53. The molecule has 0 saturated carbocycles. The van der Waals surface area contributed by atoms with Crippen molar-refractivity contribution in [3.05, 3.63) is 46.7 Å². The minimum absolute atomic E-state index is 0.172. The number of ether oxygens (including phenoxy) is 1. The van der Waals surface area contributed by atoms with Crippen LogP contribution in [-0.2, 0) is 11.2 Å². The minimum atomic E-state index is 0.172. The van der Waals surface area contributed by atoms with E-state index in [0.29, 0.717) is 0 Å². The molecule has 1 heterocycles. The van der Waals surface area contributed by atoms with E-state index in [1.165, 1.54) is 22.3 Å². The zero-order valence-electron chi connectivity index (χ0n) is 11.2. The van der Waals surface area contributed by atoms with Crippen LogP contribution in [0.2, 0.25) is 0 Å². The first-order chi connectivity index (χ1) is 8.70. The SMILES string of the molecule is Cc1ccc(C)c(CC(NN)C2=COCCC2)c1. The molecule has 0 bridgehead atoms. The maximum absolute atomic E-state index is 5.69. The molecule has 18 heavy (non-hydrogen) atoms. The summed E-state index contributed by atoms with van der Waals surface area (Å²) in [5, 5.41) is 0. The van der Waals surface area contributed by atoms with Gasteiger partial charge in [0.15, 0.2) is 0 Å². The molecule has 0 saturated heterocycles. The van der Waals surface area contributed by atoms with E-state index < -0.39 is 0 Å². The van der Waals surface area contributed by atoms with E-state index in [-0.39, 0.29) is 6.04 Å². The van der Waals surface area contributed by atoms with Gasteiger partial charge >= 0.3 is 0 Å². The van der Waals surface area contributed by atoms with Gasteiger partial charge < -0.3 is 4.74 Å². The van der Waals surface area contributed by atoms with Gasteiger partial charge in [0.1, 0.15) is 0 Å². The smallest absolute Gasteiger partial charge is 0.0876 e. The molecule has 1 aromatic carbocycles. The molecule has 1 aliphatic rings. The average Bonchev–Trinajstić information content (AvgIpc) is 2.41. The van der Waals surface area contributed by atoms with E-state index in [0.717, 1.165) is 25.9 Å². The number of benzene rings is 1. The second-order valence-electron chi connectivity index (χ2n) is 5.02. The van der Waals surface area contributed by atoms with Crippen LogP contribution in [0.3, 0.4) is 0 Å². The molecule has 0 spiro atoms. The minimum Gasteiger partial charge on any atom is -0.501 e. The van der Waals surface area contributed by atoms with E-state index in [4.69, 9.17) is 10.6 Å². The van der Waals surface area contributed by atoms with E-state index in [1.54, 1.807) is 0 Å². The van der Waals surface area contributed by atoms with E-state index >= 15 is 0 Å². The van der Waals surface area contributed by atoms with Gasteiger partial charge in [0.05, 0.1) is 12.9 Å². The van der Waals surface area contributed by atoms with Gasteiger partial charge in [-0.1, -0.05) is 23.8 Å². The zero-order chi connectivity index (χ0) is 13.0. The number of nitrogens with one attached hydrogen (secondary N) is 1. The largest absolute Gasteiger partial charge is 0.501 e. The Balaban J connectivity index is 2.14. The second-order valence-corrected chi connectivity index (χ2v) is 5.02. The van der Waals surface area contributed by atoms with Gasteiger partial charge in [-0.05, 0) is 49.8 Å². The summed E-state index contributed by atoms with van der Waals surface area (Å²) < 4.78 is 5.40. The molecule has 0 amide bonds. The third kappa shape index (κ3) is 3.12. The first-order valence-electron chi connectivity index (χ1n) is 6.53. The Hall–Kier alpha value is -1.32. The number of nitrogens with two attached hydrogens (primary N) is 1. The number of hydrogen-bond donors (Lipinski definition) is 2. The molecule has 1 aliphatic heterocycles. The molecule has 0 radical (unpaired) electrons. The fourth-order valence-electron chi connectivity index (χ4n) is 2.38. The number of rotatable bonds is 4. The van der Waals surface area contributed by atoms with Crippen LogP contribution in [0.1, 0.15) is 29.5 Å². The summed E-state index contributed by atoms with van der Waals surface area (Å²) in [6, 6.07) is 6.73. The standard InChI is InChI=1S/C15H22N2O/c1-11-5-6-12(2)14(8-11)9-15(17-16)13-4-3-7-18-10-13/h5-6,8,10,15,17H,3-4,7,9,16H2,1-2H3. The molecule has 0 aliphatic carbocycles. The molecule has 0 aromatic heterocycles. The van der Waals surface area contributed by atoms with Crippen LogP contribution in [0.15, 0.2) is 30.0 Å². The molecule has 2 rings (SSSR count). The highest BCUT2D eigenvalue weighted by atomic mass is 16.5. The molecule has 3 N–H and O–H groups in total. The van der Waals surface area contributed by atoms with Crippen LogP contribution in [0.5, 0.6) is 0 Å². The third-order valence-electron chi connectivity index (χ3n) is 3.54. The zero-order valence-corrected chi connectivity index (χ0v) is 11.2. The summed E-state index contributed by atoms with van der Waals surface area (Å²) in [6.45, 7) is 5.09. The first kappa shape index (κ1) is 13.1. The van der Waals surface area contributed by atoms with E-state index in [9.17, 15) is 0 Å². The Morgan fingerprint density at radius 1 is 1.39 bits per heavy atom. The molecule has 0 fully saturated rings. The van der Waals surface area contributed by atoms with Crippen molar-refractivity contribution in [1.29, 1.82) is 0 Å². The third-order valence-corrected chi connectivity index (χ3v) is 3.54. The topological polar surface area (TPSA) is 47.3 Å². The van der Waals surface area contributed by atoms with Gasteiger partial charge in [0, 0.05) is 6.04 Å². The van der Waals surface area contributed by atoms with Crippen molar-refractivity contribution in [1.82, 2.24) is 5.43 Å². The molecule has 3 nitrogen and oxygen atoms in total. The Kier molecular flexibility index (Phi) is 4.39. The summed E-state index contributed by atoms with van der Waals surface area (Å²) in [5.74, 6) is 5.69. The lowest BCUT2D eigenvalue weighted by Gasteiger charge is -2.23. The normalized spacial score (nSPS) is 16.9. The maximum atomic E-state index is 5.69. The van der Waals surface area contributed by atoms with Crippen LogP contribution in [0.4, 0.5) is 0 Å². The van der Waals surface area contributed by atoms with Crippen molar-refractivity contribution in [3.8, 4) is 0 Å². The maximum Gasteiger partial charge on any atom is 0.0876 e.